The van der Waals surface area contributed by atoms with Crippen LogP contribution in [0.15, 0.2) is 60.0 Å². The highest BCUT2D eigenvalue weighted by Gasteiger charge is 2.07. The maximum absolute atomic E-state index is 11.5. The van der Waals surface area contributed by atoms with Gasteiger partial charge in [-0.05, 0) is 43.3 Å². The number of allylic oxidation sites excluding steroid dienone is 5. The number of aliphatic hydroxyl groups is 1. The number of ether oxygens (including phenoxy) is 1. The van der Waals surface area contributed by atoms with Crippen LogP contribution in [0.4, 0.5) is 5.69 Å². The molecule has 2 N–H and O–H groups in total. The summed E-state index contributed by atoms with van der Waals surface area (Å²) in [6.07, 6.45) is 7.29. The first-order valence-corrected chi connectivity index (χ1v) is 6.03. The first kappa shape index (κ1) is 13.0. The van der Waals surface area contributed by atoms with Crippen LogP contribution in [0, 0.1) is 0 Å². The van der Waals surface area contributed by atoms with E-state index in [-0.39, 0.29) is 11.9 Å². The van der Waals surface area contributed by atoms with E-state index >= 15 is 0 Å². The molecule has 0 amide bonds. The van der Waals surface area contributed by atoms with Gasteiger partial charge in [0.05, 0.1) is 12.2 Å². The molecule has 0 bridgehead atoms. The van der Waals surface area contributed by atoms with Crippen molar-refractivity contribution in [3.05, 3.63) is 65.6 Å². The molecule has 0 atom stereocenters. The average Bonchev–Trinajstić information content (AvgIpc) is 2.94. The van der Waals surface area contributed by atoms with Gasteiger partial charge in [-0.1, -0.05) is 12.2 Å². The Kier molecular flexibility index (Phi) is 4.03. The Morgan fingerprint density at radius 1 is 1.21 bits per heavy atom. The quantitative estimate of drug-likeness (QED) is 0.642. The van der Waals surface area contributed by atoms with E-state index in [1.807, 2.05) is 12.2 Å². The summed E-state index contributed by atoms with van der Waals surface area (Å²) in [5.74, 6) is -0.271. The van der Waals surface area contributed by atoms with Crippen molar-refractivity contribution in [1.82, 2.24) is 0 Å². The Labute approximate surface area is 111 Å². The summed E-state index contributed by atoms with van der Waals surface area (Å²) >= 11 is 0. The minimum atomic E-state index is -0.349. The Morgan fingerprint density at radius 2 is 1.84 bits per heavy atom. The molecule has 4 heteroatoms. The lowest BCUT2D eigenvalue weighted by Crippen LogP contribution is -2.05. The van der Waals surface area contributed by atoms with Gasteiger partial charge in [-0.3, -0.25) is 0 Å². The van der Waals surface area contributed by atoms with Gasteiger partial charge in [0.2, 0.25) is 0 Å². The van der Waals surface area contributed by atoms with E-state index in [0.717, 1.165) is 5.57 Å². The highest BCUT2D eigenvalue weighted by atomic mass is 16.5. The second-order valence-corrected chi connectivity index (χ2v) is 3.95. The first-order chi connectivity index (χ1) is 9.20. The first-order valence-electron chi connectivity index (χ1n) is 6.03. The molecule has 2 rings (SSSR count). The Hall–Kier alpha value is -2.49. The van der Waals surface area contributed by atoms with Crippen LogP contribution in [0.1, 0.15) is 17.3 Å². The third-order valence-electron chi connectivity index (χ3n) is 2.59. The number of nitrogens with one attached hydrogen (secondary N) is 1. The van der Waals surface area contributed by atoms with Crippen molar-refractivity contribution in [2.75, 3.05) is 11.9 Å². The summed E-state index contributed by atoms with van der Waals surface area (Å²) in [7, 11) is 0. The number of rotatable bonds is 4. The van der Waals surface area contributed by atoms with E-state index < -0.39 is 0 Å². The minimum absolute atomic E-state index is 0.0777. The van der Waals surface area contributed by atoms with Crippen LogP contribution in [-0.2, 0) is 4.74 Å². The van der Waals surface area contributed by atoms with Crippen molar-refractivity contribution in [1.29, 1.82) is 0 Å². The number of carbonyl (C=O) groups excluding carboxylic acids is 1. The lowest BCUT2D eigenvalue weighted by molar-refractivity contribution is 0.0526. The molecule has 19 heavy (non-hydrogen) atoms. The lowest BCUT2D eigenvalue weighted by atomic mass is 10.2. The smallest absolute Gasteiger partial charge is 0.338 e. The number of aliphatic hydroxyl groups excluding tert-OH is 1. The van der Waals surface area contributed by atoms with Crippen molar-refractivity contribution >= 4 is 11.7 Å². The Bertz CT molecular complexity index is 539. The number of esters is 1. The summed E-state index contributed by atoms with van der Waals surface area (Å²) in [6, 6.07) is 6.73. The van der Waals surface area contributed by atoms with Crippen LogP contribution in [-0.4, -0.2) is 17.7 Å². The van der Waals surface area contributed by atoms with Crippen LogP contribution in [0.3, 0.4) is 0 Å². The second-order valence-electron chi connectivity index (χ2n) is 3.95. The van der Waals surface area contributed by atoms with E-state index in [1.165, 1.54) is 0 Å². The number of benzene rings is 1. The fraction of sp³-hybridized carbons (Fsp3) is 0.133. The predicted molar refractivity (Wildman–Crippen MR) is 74.0 cm³/mol. The van der Waals surface area contributed by atoms with Gasteiger partial charge in [0, 0.05) is 11.3 Å². The Balaban J connectivity index is 2.07. The van der Waals surface area contributed by atoms with E-state index in [0.29, 0.717) is 17.9 Å². The molecule has 4 nitrogen and oxygen atoms in total. The van der Waals surface area contributed by atoms with Gasteiger partial charge in [-0.15, -0.1) is 0 Å². The third kappa shape index (κ3) is 3.25. The number of hydrogen-bond donors (Lipinski definition) is 2. The minimum Gasteiger partial charge on any atom is -0.494 e. The van der Waals surface area contributed by atoms with Crippen molar-refractivity contribution in [3.63, 3.8) is 0 Å². The highest BCUT2D eigenvalue weighted by molar-refractivity contribution is 5.89. The van der Waals surface area contributed by atoms with Gasteiger partial charge in [0.25, 0.3) is 0 Å². The van der Waals surface area contributed by atoms with Crippen LogP contribution < -0.4 is 5.32 Å². The molecular weight excluding hydrogens is 242 g/mol. The van der Waals surface area contributed by atoms with Gasteiger partial charge < -0.3 is 15.2 Å². The molecule has 1 aliphatic carbocycles. The van der Waals surface area contributed by atoms with Gasteiger partial charge in [-0.25, -0.2) is 4.79 Å². The monoisotopic (exact) mass is 257 g/mol. The van der Waals surface area contributed by atoms with Crippen LogP contribution in [0.2, 0.25) is 0 Å². The Morgan fingerprint density at radius 3 is 2.42 bits per heavy atom. The number of hydrogen-bond acceptors (Lipinski definition) is 4. The predicted octanol–water partition coefficient (Wildman–Crippen LogP) is 3.17. The normalized spacial score (nSPS) is 12.6. The molecule has 0 aliphatic heterocycles. The molecule has 0 saturated carbocycles. The largest absolute Gasteiger partial charge is 0.494 e. The van der Waals surface area contributed by atoms with Crippen LogP contribution in [0.25, 0.3) is 0 Å². The third-order valence-corrected chi connectivity index (χ3v) is 2.59. The summed E-state index contributed by atoms with van der Waals surface area (Å²) in [4.78, 5) is 11.5. The fourth-order valence-electron chi connectivity index (χ4n) is 1.64. The summed E-state index contributed by atoms with van der Waals surface area (Å²) < 4.78 is 4.89. The molecule has 0 fully saturated rings. The molecule has 0 saturated heterocycles. The molecule has 1 aromatic rings. The van der Waals surface area contributed by atoms with E-state index in [2.05, 4.69) is 5.32 Å². The molecule has 0 spiro atoms. The van der Waals surface area contributed by atoms with E-state index in [4.69, 9.17) is 4.74 Å². The zero-order valence-corrected chi connectivity index (χ0v) is 10.6. The lowest BCUT2D eigenvalue weighted by Gasteiger charge is -2.07. The molecule has 0 aromatic heterocycles. The molecule has 0 unspecified atom stereocenters. The van der Waals surface area contributed by atoms with Gasteiger partial charge in [0.1, 0.15) is 0 Å². The molecule has 1 aliphatic rings. The standard InChI is InChI=1S/C15H15NO3/c1-2-19-15(18)12-7-9-13(10-8-12)16-14(17)11-5-3-4-6-11/h3-10,16-17H,2H2,1H3. The van der Waals surface area contributed by atoms with Crippen molar-refractivity contribution in [2.24, 2.45) is 0 Å². The van der Waals surface area contributed by atoms with E-state index in [1.54, 1.807) is 43.3 Å². The second kappa shape index (κ2) is 5.91. The van der Waals surface area contributed by atoms with Crippen molar-refractivity contribution < 1.29 is 14.6 Å². The maximum atomic E-state index is 11.5. The summed E-state index contributed by atoms with van der Waals surface area (Å²) in [5, 5.41) is 12.7. The number of carbonyl (C=O) groups is 1. The SMILES string of the molecule is CCOC(=O)c1ccc(NC(O)=C2C=CC=C2)cc1. The van der Waals surface area contributed by atoms with Gasteiger partial charge >= 0.3 is 5.97 Å². The number of anilines is 1. The molecule has 0 radical (unpaired) electrons. The highest BCUT2D eigenvalue weighted by Crippen LogP contribution is 2.16. The average molecular weight is 257 g/mol. The molecule has 98 valence electrons. The van der Waals surface area contributed by atoms with Crippen LogP contribution in [0.5, 0.6) is 0 Å². The van der Waals surface area contributed by atoms with Gasteiger partial charge in [0.15, 0.2) is 5.88 Å². The molecular formula is C15H15NO3. The topological polar surface area (TPSA) is 58.6 Å². The zero-order chi connectivity index (χ0) is 13.7. The van der Waals surface area contributed by atoms with Gasteiger partial charge in [-0.2, -0.15) is 0 Å². The molecule has 0 heterocycles. The van der Waals surface area contributed by atoms with Crippen LogP contribution >= 0.6 is 0 Å². The van der Waals surface area contributed by atoms with E-state index in [9.17, 15) is 9.90 Å². The fourth-order valence-corrected chi connectivity index (χ4v) is 1.64. The van der Waals surface area contributed by atoms with Crippen molar-refractivity contribution in [2.45, 2.75) is 6.92 Å². The zero-order valence-electron chi connectivity index (χ0n) is 10.6. The maximum Gasteiger partial charge on any atom is 0.338 e. The molecule has 1 aromatic carbocycles. The van der Waals surface area contributed by atoms with Crippen molar-refractivity contribution in [3.8, 4) is 0 Å². The summed E-state index contributed by atoms with van der Waals surface area (Å²) in [6.45, 7) is 2.12. The summed E-state index contributed by atoms with van der Waals surface area (Å²) in [5.41, 5.74) is 1.90.